The van der Waals surface area contributed by atoms with Crippen molar-refractivity contribution in [2.45, 2.75) is 302 Å². The number of thioether (sulfide) groups is 4. The van der Waals surface area contributed by atoms with E-state index in [9.17, 15) is 79.2 Å². The number of carbonyl (C=O) groups is 8. The third-order valence-electron chi connectivity index (χ3n) is 41.5. The summed E-state index contributed by atoms with van der Waals surface area (Å²) < 4.78 is 0. The molecule has 12 saturated carbocycles. The Balaban J connectivity index is 0.000000113. The van der Waals surface area contributed by atoms with E-state index < -0.39 is 68.5 Å². The summed E-state index contributed by atoms with van der Waals surface area (Å²) in [7, 11) is 0. The molecule has 27 heteroatoms. The van der Waals surface area contributed by atoms with Crippen LogP contribution in [0.2, 0.25) is 0 Å². The number of hydrogen-bond donors (Lipinski definition) is 8. The minimum absolute atomic E-state index is 0.0708. The van der Waals surface area contributed by atoms with Crippen LogP contribution in [0.4, 0.5) is 0 Å². The zero-order valence-electron chi connectivity index (χ0n) is 83.9. The van der Waals surface area contributed by atoms with Gasteiger partial charge in [0.1, 0.15) is 48.8 Å². The van der Waals surface area contributed by atoms with E-state index in [4.69, 9.17) is 0 Å². The third-order valence-corrected chi connectivity index (χ3v) is 45.4. The van der Waals surface area contributed by atoms with Gasteiger partial charge in [-0.25, -0.2) is 19.9 Å². The highest BCUT2D eigenvalue weighted by atomic mass is 32.2. The molecule has 144 heavy (non-hydrogen) atoms. The number of ketones is 8. The maximum atomic E-state index is 13.7. The van der Waals surface area contributed by atoms with Crippen LogP contribution < -0.4 is 0 Å². The molecule has 20 unspecified atom stereocenters. The van der Waals surface area contributed by atoms with Crippen molar-refractivity contribution in [3.63, 3.8) is 0 Å². The lowest BCUT2D eigenvalue weighted by molar-refractivity contribution is -0.179. The predicted molar refractivity (Wildman–Crippen MR) is 555 cm³/mol. The average molecular weight is 2030 g/mol. The number of aliphatic hydroxyl groups excluding tert-OH is 4. The van der Waals surface area contributed by atoms with Crippen LogP contribution in [0.5, 0.6) is 0 Å². The lowest BCUT2D eigenvalue weighted by Gasteiger charge is -2.60. The van der Waals surface area contributed by atoms with Crippen LogP contribution >= 0.6 is 47.0 Å². The molecule has 4 aromatic heterocycles. The molecule has 4 aromatic carbocycles. The lowest BCUT2D eigenvalue weighted by Crippen LogP contribution is -2.61. The van der Waals surface area contributed by atoms with Gasteiger partial charge in [0.05, 0.1) is 76.4 Å². The van der Waals surface area contributed by atoms with Gasteiger partial charge in [0.25, 0.3) is 0 Å². The largest absolute Gasteiger partial charge is 0.393 e. The van der Waals surface area contributed by atoms with Crippen LogP contribution in [-0.2, 0) is 38.4 Å². The molecule has 23 nitrogen and oxygen atoms in total. The second kappa shape index (κ2) is 38.0. The highest BCUT2D eigenvalue weighted by Crippen LogP contribution is 2.74. The van der Waals surface area contributed by atoms with E-state index in [0.717, 1.165) is 156 Å². The molecule has 0 bridgehead atoms. The normalized spacial score (nSPS) is 39.8. The maximum Gasteiger partial charge on any atom is 0.175 e. The number of aliphatic hydroxyl groups is 8. The van der Waals surface area contributed by atoms with Crippen molar-refractivity contribution >= 4 is 137 Å². The SMILES string of the molecule is CC12CCC(=O)C=C1CCC1C2[C@@H](O)CC2(C)C1CC[C@]2(O)C(=O)CSc1cnc2ccccc2n1.CC12CCC(=O)C=C1CCC1C2[C@@H](O)CC2(C)C1CC[C@]2(O)C(=O)CSc1nccc2ccccc12.CC12CCC(=O)C=C1CCC1C2[C@@H](O)CC2(C)C1CC[C@]2(O)C(=O)CSc1ncnc2ccccc12.CC12CCC(=O)C=C1CCC1C2[C@@H](O)CC2(C)C1CC[C@]2(O)C(=O)CSc1nncc2ccccc12. The van der Waals surface area contributed by atoms with Gasteiger partial charge < -0.3 is 40.9 Å². The monoisotopic (exact) mass is 2020 g/mol. The van der Waals surface area contributed by atoms with E-state index >= 15 is 0 Å². The zero-order valence-corrected chi connectivity index (χ0v) is 87.2. The second-order valence-electron chi connectivity index (χ2n) is 47.7. The Kier molecular flexibility index (Phi) is 26.8. The first-order chi connectivity index (χ1) is 68.7. The number of para-hydroxylation sites is 3. The number of allylic oxidation sites excluding steroid dienone is 4. The summed E-state index contributed by atoms with van der Waals surface area (Å²) in [5, 5.41) is 110. The highest BCUT2D eigenvalue weighted by Gasteiger charge is 2.74. The van der Waals surface area contributed by atoms with Gasteiger partial charge in [-0.2, -0.15) is 5.10 Å². The molecule has 28 atom stereocenters. The number of rotatable bonds is 16. The van der Waals surface area contributed by atoms with Gasteiger partial charge in [0.2, 0.25) is 0 Å². The smallest absolute Gasteiger partial charge is 0.175 e. The predicted octanol–water partition coefficient (Wildman–Crippen LogP) is 18.7. The topological polar surface area (TPSA) is 389 Å². The van der Waals surface area contributed by atoms with Gasteiger partial charge >= 0.3 is 0 Å². The van der Waals surface area contributed by atoms with Crippen molar-refractivity contribution in [3.05, 3.63) is 175 Å². The quantitative estimate of drug-likeness (QED) is 0.0329. The number of pyridine rings is 1. The van der Waals surface area contributed by atoms with Crippen molar-refractivity contribution in [1.82, 2.24) is 35.1 Å². The number of carbonyl (C=O) groups excluding carboxylic acids is 8. The summed E-state index contributed by atoms with van der Waals surface area (Å²) in [6.45, 7) is 17.0. The van der Waals surface area contributed by atoms with Gasteiger partial charge in [0.15, 0.2) is 46.3 Å². The molecule has 8 N–H and O–H groups in total. The number of fused-ring (bicyclic) bond motifs is 24. The summed E-state index contributed by atoms with van der Waals surface area (Å²) in [5.41, 5.74) is -1.96. The summed E-state index contributed by atoms with van der Waals surface area (Å²) in [4.78, 5) is 125. The van der Waals surface area contributed by atoms with E-state index in [2.05, 4.69) is 62.8 Å². The molecule has 0 spiro atoms. The molecular weight excluding hydrogens is 1890 g/mol. The number of hydrogen-bond acceptors (Lipinski definition) is 27. The van der Waals surface area contributed by atoms with Crippen molar-refractivity contribution in [1.29, 1.82) is 0 Å². The minimum Gasteiger partial charge on any atom is -0.393 e. The fourth-order valence-electron chi connectivity index (χ4n) is 34.0. The Hall–Kier alpha value is -8.29. The molecule has 0 aliphatic heterocycles. The van der Waals surface area contributed by atoms with Gasteiger partial charge in [-0.1, -0.05) is 204 Å². The van der Waals surface area contributed by atoms with Crippen molar-refractivity contribution in [3.8, 4) is 0 Å². The van der Waals surface area contributed by atoms with E-state index in [1.807, 2.05) is 155 Å². The Labute approximate surface area is 859 Å². The molecule has 0 saturated heterocycles. The van der Waals surface area contributed by atoms with E-state index in [0.29, 0.717) is 87.1 Å². The van der Waals surface area contributed by atoms with E-state index in [1.165, 1.54) is 75.7 Å². The van der Waals surface area contributed by atoms with Crippen molar-refractivity contribution < 1.29 is 79.2 Å². The molecule has 4 heterocycles. The summed E-state index contributed by atoms with van der Waals surface area (Å²) in [6, 6.07) is 33.2. The third kappa shape index (κ3) is 16.4. The zero-order chi connectivity index (χ0) is 101. The molecule has 0 amide bonds. The highest BCUT2D eigenvalue weighted by molar-refractivity contribution is 8.00. The first-order valence-electron chi connectivity index (χ1n) is 52.8. The van der Waals surface area contributed by atoms with Crippen molar-refractivity contribution in [2.24, 2.45) is 114 Å². The van der Waals surface area contributed by atoms with Crippen LogP contribution in [0.25, 0.3) is 43.5 Å². The van der Waals surface area contributed by atoms with E-state index in [1.54, 1.807) is 18.6 Å². The molecular formula is C117H137N7O16S4. The fourth-order valence-corrected chi connectivity index (χ4v) is 37.7. The number of aromatic nitrogens is 7. The Morgan fingerprint density at radius 1 is 0.333 bits per heavy atom. The number of benzene rings is 4. The van der Waals surface area contributed by atoms with Gasteiger partial charge in [-0.15, -0.1) is 5.10 Å². The van der Waals surface area contributed by atoms with Crippen LogP contribution in [0.15, 0.2) is 195 Å². The van der Waals surface area contributed by atoms with Crippen LogP contribution in [0.1, 0.15) is 235 Å². The van der Waals surface area contributed by atoms with Gasteiger partial charge in [0, 0.05) is 75.1 Å². The molecule has 16 aliphatic carbocycles. The summed E-state index contributed by atoms with van der Waals surface area (Å²) in [5.74, 6) is 2.69. The Bertz CT molecular complexity index is 6180. The van der Waals surface area contributed by atoms with Crippen LogP contribution in [0.3, 0.4) is 0 Å². The standard InChI is InChI=1S/C30H35NO4S.3C29H34N2O4S/c1-28-12-9-20(32)15-19(28)7-8-22-23-10-13-30(35,29(23,2)16-24(33)26(22)28)25(34)17-36-27-21-6-4-3-5-18(21)11-14-31-27;1-27-11-9-18(32)13-17(27)7-8-19-20-10-12-29(35,28(20,2)14-23(33)26(19)27)24(34)16-36-25-15-30-21-5-3-4-6-22(21)31-25;1-27-11-9-18(32)13-17(27)7-8-19-21-10-12-29(35,28(21,2)14-23(33)25(19)27)24(34)15-36-26-20-5-3-4-6-22(20)30-16-31-26;1-27-11-9-19(32)13-18(27)7-8-21-22-10-12-29(35,28(22,2)14-23(33)25(21)27)24(34)16-36-26-20-6-4-3-5-17(20)15-30-31-26/h3-6,11,14-15,22-24,26,33,35H,7-10,12-13,16-17H2,1-2H3;3-6,13,15,19-20,23,26,33,35H,7-12,14,16H2,1-2H3;3-6,13,16,19,21,23,25,33,35H,7-12,14-15H2,1-2H3;3-6,13,15,21-23,25,33,35H,7-12,14,16H2,1-2H3/t22?,23?,24-,26?,28?,29?,30-;19?,20?,23-,26?,27?,28?,29-;19?,21?,23-,25?,27?,28?,29-;21?,22?,23-,25?,27?,28?,29-/m0000/s1. The molecule has 16 aliphatic rings. The first-order valence-corrected chi connectivity index (χ1v) is 56.8. The van der Waals surface area contributed by atoms with Crippen LogP contribution in [-0.4, -0.2) is 192 Å². The summed E-state index contributed by atoms with van der Waals surface area (Å²) >= 11 is 5.41. The Morgan fingerprint density at radius 3 is 1.06 bits per heavy atom. The fraction of sp³-hybridized carbons (Fsp3) is 0.581. The second-order valence-corrected chi connectivity index (χ2v) is 51.6. The maximum absolute atomic E-state index is 13.7. The van der Waals surface area contributed by atoms with Crippen LogP contribution in [0, 0.1) is 114 Å². The molecule has 8 aromatic rings. The Morgan fingerprint density at radius 2 is 0.660 bits per heavy atom. The van der Waals surface area contributed by atoms with Gasteiger partial charge in [-0.3, -0.25) is 43.3 Å². The molecule has 24 rings (SSSR count). The van der Waals surface area contributed by atoms with Gasteiger partial charge in [-0.05, 0) is 301 Å². The molecule has 12 fully saturated rings. The lowest BCUT2D eigenvalue weighted by atomic mass is 9.45. The average Bonchev–Trinajstić information content (AvgIpc) is 1.47. The number of nitrogens with zero attached hydrogens (tertiary/aromatic N) is 7. The van der Waals surface area contributed by atoms with E-state index in [-0.39, 0.29) is 162 Å². The van der Waals surface area contributed by atoms with Crippen molar-refractivity contribution in [2.75, 3.05) is 23.0 Å². The first kappa shape index (κ1) is 102. The molecule has 0 radical (unpaired) electrons. The minimum atomic E-state index is -1.46. The summed E-state index contributed by atoms with van der Waals surface area (Å²) in [6.07, 6.45) is 30.6. The number of Topliss-reactive ketones (excluding diaryl/α,β-unsaturated/α-hetero) is 4. The molecule has 760 valence electrons.